The molecule has 0 saturated heterocycles. The van der Waals surface area contributed by atoms with Crippen molar-refractivity contribution in [1.29, 1.82) is 0 Å². The Hall–Kier alpha value is -3.84. The minimum absolute atomic E-state index is 0.0489. The second kappa shape index (κ2) is 11.3. The van der Waals surface area contributed by atoms with Gasteiger partial charge in [-0.15, -0.1) is 0 Å². The summed E-state index contributed by atoms with van der Waals surface area (Å²) in [6.45, 7) is 8.12. The van der Waals surface area contributed by atoms with Crippen LogP contribution < -0.4 is 16.4 Å². The number of hydrogen-bond donors (Lipinski definition) is 3. The maximum Gasteiger partial charge on any atom is 0.407 e. The lowest BCUT2D eigenvalue weighted by Gasteiger charge is -2.30. The van der Waals surface area contributed by atoms with Crippen molar-refractivity contribution in [1.82, 2.24) is 15.2 Å². The van der Waals surface area contributed by atoms with Crippen LogP contribution in [0.15, 0.2) is 66.7 Å². The fourth-order valence-electron chi connectivity index (χ4n) is 5.63. The molecule has 0 aliphatic heterocycles. The van der Waals surface area contributed by atoms with Crippen LogP contribution >= 0.6 is 0 Å². The van der Waals surface area contributed by atoms with E-state index in [1.54, 1.807) is 0 Å². The standard InChI is InChI=1S/C33H40N4O3/c1-21(34)23-12-13-24-19-30(31(38)35-26-14-16-27(17-15-26)36-32(39)40-33(2,3)4)37(29(24)18-23)20-25-10-7-9-22-8-5-6-11-28(22)25/h5-13,18-19,21,26-27H,14-17,20,34H2,1-4H3,(H,35,38)(H,36,39)/t21-,26?,27?/m1/s1. The monoisotopic (exact) mass is 540 g/mol. The molecule has 0 spiro atoms. The van der Waals surface area contributed by atoms with Crippen LogP contribution in [-0.4, -0.2) is 34.3 Å². The van der Waals surface area contributed by atoms with Gasteiger partial charge in [-0.25, -0.2) is 4.79 Å². The van der Waals surface area contributed by atoms with Gasteiger partial charge in [0.05, 0.1) is 0 Å². The first kappa shape index (κ1) is 27.7. The summed E-state index contributed by atoms with van der Waals surface area (Å²) in [7, 11) is 0. The van der Waals surface area contributed by atoms with Crippen LogP contribution in [0.2, 0.25) is 0 Å². The van der Waals surface area contributed by atoms with Crippen LogP contribution in [0.5, 0.6) is 0 Å². The molecule has 3 aromatic carbocycles. The maximum atomic E-state index is 13.7. The third kappa shape index (κ3) is 6.31. The number of carbonyl (C=O) groups excluding carboxylic acids is 2. The van der Waals surface area contributed by atoms with Gasteiger partial charge in [-0.1, -0.05) is 54.6 Å². The van der Waals surface area contributed by atoms with Crippen molar-refractivity contribution in [2.75, 3.05) is 0 Å². The molecule has 5 rings (SSSR count). The van der Waals surface area contributed by atoms with Crippen molar-refractivity contribution in [3.05, 3.63) is 83.6 Å². The number of rotatable bonds is 6. The van der Waals surface area contributed by atoms with Crippen molar-refractivity contribution in [2.45, 2.75) is 83.6 Å². The average Bonchev–Trinajstić information content (AvgIpc) is 3.26. The molecule has 40 heavy (non-hydrogen) atoms. The Kier molecular flexibility index (Phi) is 7.86. The van der Waals surface area contributed by atoms with Crippen molar-refractivity contribution in [2.24, 2.45) is 5.73 Å². The molecular formula is C33H40N4O3. The molecule has 1 fully saturated rings. The minimum atomic E-state index is -0.525. The second-order valence-corrected chi connectivity index (χ2v) is 12.0. The third-order valence-corrected chi connectivity index (χ3v) is 7.68. The number of fused-ring (bicyclic) bond motifs is 2. The third-order valence-electron chi connectivity index (χ3n) is 7.68. The first-order valence-electron chi connectivity index (χ1n) is 14.2. The zero-order chi connectivity index (χ0) is 28.4. The Morgan fingerprint density at radius 1 is 0.925 bits per heavy atom. The number of benzene rings is 3. The highest BCUT2D eigenvalue weighted by atomic mass is 16.6. The highest BCUT2D eigenvalue weighted by Gasteiger charge is 2.27. The minimum Gasteiger partial charge on any atom is -0.444 e. The Morgan fingerprint density at radius 3 is 2.30 bits per heavy atom. The summed E-state index contributed by atoms with van der Waals surface area (Å²) in [4.78, 5) is 25.9. The maximum absolute atomic E-state index is 13.7. The van der Waals surface area contributed by atoms with Crippen LogP contribution in [0.4, 0.5) is 4.79 Å². The fourth-order valence-corrected chi connectivity index (χ4v) is 5.63. The van der Waals surface area contributed by atoms with E-state index < -0.39 is 5.60 Å². The van der Waals surface area contributed by atoms with E-state index in [9.17, 15) is 9.59 Å². The molecule has 4 N–H and O–H groups in total. The number of alkyl carbamates (subject to hydrolysis) is 1. The van der Waals surface area contributed by atoms with Gasteiger partial charge < -0.3 is 25.7 Å². The molecule has 1 atom stereocenters. The molecule has 1 aromatic heterocycles. The summed E-state index contributed by atoms with van der Waals surface area (Å²) in [5.74, 6) is -0.0812. The van der Waals surface area contributed by atoms with Gasteiger partial charge in [0.2, 0.25) is 0 Å². The zero-order valence-electron chi connectivity index (χ0n) is 23.9. The number of nitrogens with zero attached hydrogens (tertiary/aromatic N) is 1. The SMILES string of the molecule is C[C@@H](N)c1ccc2cc(C(=O)NC3CCC(NC(=O)OC(C)(C)C)CC3)n(Cc3cccc4ccccc34)c2c1. The molecule has 1 heterocycles. The molecule has 4 aromatic rings. The van der Waals surface area contributed by atoms with Crippen LogP contribution in [0.3, 0.4) is 0 Å². The van der Waals surface area contributed by atoms with Gasteiger partial charge >= 0.3 is 6.09 Å². The number of nitrogens with two attached hydrogens (primary N) is 1. The van der Waals surface area contributed by atoms with E-state index in [1.807, 2.05) is 45.9 Å². The van der Waals surface area contributed by atoms with Crippen LogP contribution in [-0.2, 0) is 11.3 Å². The molecule has 7 nitrogen and oxygen atoms in total. The van der Waals surface area contributed by atoms with Crippen molar-refractivity contribution in [3.63, 3.8) is 0 Å². The lowest BCUT2D eigenvalue weighted by Crippen LogP contribution is -2.45. The van der Waals surface area contributed by atoms with Gasteiger partial charge in [0.25, 0.3) is 5.91 Å². The largest absolute Gasteiger partial charge is 0.444 e. The summed E-state index contributed by atoms with van der Waals surface area (Å²) in [5, 5.41) is 9.62. The van der Waals surface area contributed by atoms with Gasteiger partial charge in [0, 0.05) is 35.6 Å². The normalized spacial score (nSPS) is 18.4. The molecule has 0 unspecified atom stereocenters. The molecule has 1 aliphatic rings. The number of aromatic nitrogens is 1. The Labute approximate surface area is 236 Å². The average molecular weight is 541 g/mol. The Balaban J connectivity index is 1.36. The number of ether oxygens (including phenoxy) is 1. The lowest BCUT2D eigenvalue weighted by atomic mass is 9.91. The summed E-state index contributed by atoms with van der Waals surface area (Å²) < 4.78 is 7.52. The molecule has 1 saturated carbocycles. The van der Waals surface area contributed by atoms with E-state index in [1.165, 1.54) is 10.8 Å². The molecule has 0 radical (unpaired) electrons. The fraction of sp³-hybridized carbons (Fsp3) is 0.394. The van der Waals surface area contributed by atoms with E-state index in [4.69, 9.17) is 10.5 Å². The molecule has 7 heteroatoms. The van der Waals surface area contributed by atoms with E-state index >= 15 is 0 Å². The van der Waals surface area contributed by atoms with Crippen molar-refractivity contribution < 1.29 is 14.3 Å². The highest BCUT2D eigenvalue weighted by molar-refractivity contribution is 5.99. The van der Waals surface area contributed by atoms with Gasteiger partial charge in [-0.2, -0.15) is 0 Å². The van der Waals surface area contributed by atoms with Crippen molar-refractivity contribution >= 4 is 33.7 Å². The van der Waals surface area contributed by atoms with E-state index in [0.717, 1.165) is 47.7 Å². The predicted octanol–water partition coefficient (Wildman–Crippen LogP) is 6.43. The van der Waals surface area contributed by atoms with Gasteiger partial charge in [-0.3, -0.25) is 4.79 Å². The molecule has 210 valence electrons. The first-order valence-corrected chi connectivity index (χ1v) is 14.2. The number of carbonyl (C=O) groups is 2. The summed E-state index contributed by atoms with van der Waals surface area (Å²) in [6, 6.07) is 22.8. The van der Waals surface area contributed by atoms with E-state index in [-0.39, 0.29) is 30.1 Å². The summed E-state index contributed by atoms with van der Waals surface area (Å²) in [5.41, 5.74) is 9.52. The second-order valence-electron chi connectivity index (χ2n) is 12.0. The molecule has 1 aliphatic carbocycles. The van der Waals surface area contributed by atoms with E-state index in [2.05, 4.69) is 63.7 Å². The van der Waals surface area contributed by atoms with Crippen LogP contribution in [0.25, 0.3) is 21.7 Å². The molecular weight excluding hydrogens is 500 g/mol. The predicted molar refractivity (Wildman–Crippen MR) is 160 cm³/mol. The summed E-state index contributed by atoms with van der Waals surface area (Å²) >= 11 is 0. The van der Waals surface area contributed by atoms with Gasteiger partial charge in [0.1, 0.15) is 11.3 Å². The lowest BCUT2D eigenvalue weighted by molar-refractivity contribution is 0.0488. The summed E-state index contributed by atoms with van der Waals surface area (Å²) in [6.07, 6.45) is 2.79. The smallest absolute Gasteiger partial charge is 0.407 e. The molecule has 2 amide bonds. The van der Waals surface area contributed by atoms with Gasteiger partial charge in [-0.05, 0) is 87.4 Å². The first-order chi connectivity index (χ1) is 19.1. The van der Waals surface area contributed by atoms with Crippen molar-refractivity contribution in [3.8, 4) is 0 Å². The van der Waals surface area contributed by atoms with Crippen LogP contribution in [0, 0.1) is 0 Å². The molecule has 0 bridgehead atoms. The zero-order valence-corrected chi connectivity index (χ0v) is 23.9. The Morgan fingerprint density at radius 2 is 1.60 bits per heavy atom. The number of nitrogens with one attached hydrogen (secondary N) is 2. The topological polar surface area (TPSA) is 98.4 Å². The number of amides is 2. The highest BCUT2D eigenvalue weighted by Crippen LogP contribution is 2.28. The Bertz CT molecular complexity index is 1520. The quantitative estimate of drug-likeness (QED) is 0.263. The van der Waals surface area contributed by atoms with E-state index in [0.29, 0.717) is 12.2 Å². The number of hydrogen-bond acceptors (Lipinski definition) is 4. The van der Waals surface area contributed by atoms with Crippen LogP contribution in [0.1, 0.15) is 81.0 Å². The van der Waals surface area contributed by atoms with Gasteiger partial charge in [0.15, 0.2) is 0 Å².